The second kappa shape index (κ2) is 5.55. The number of sulfonamides is 1. The minimum absolute atomic E-state index is 0.270. The van der Waals surface area contributed by atoms with Gasteiger partial charge in [-0.25, -0.2) is 13.1 Å². The molecular formula is C15H17N3O2S. The monoisotopic (exact) mass is 303 g/mol. The van der Waals surface area contributed by atoms with E-state index in [0.29, 0.717) is 4.90 Å². The molecule has 1 aliphatic rings. The number of benzene rings is 1. The second-order valence-corrected chi connectivity index (χ2v) is 6.93. The van der Waals surface area contributed by atoms with Gasteiger partial charge in [-0.15, -0.1) is 0 Å². The zero-order chi connectivity index (χ0) is 14.9. The summed E-state index contributed by atoms with van der Waals surface area (Å²) in [7, 11) is -3.49. The average Bonchev–Trinajstić information content (AvgIpc) is 2.94. The second-order valence-electron chi connectivity index (χ2n) is 5.16. The van der Waals surface area contributed by atoms with E-state index < -0.39 is 10.0 Å². The van der Waals surface area contributed by atoms with Crippen LogP contribution >= 0.6 is 0 Å². The molecule has 6 heteroatoms. The molecule has 1 aliphatic heterocycles. The third kappa shape index (κ3) is 2.97. The van der Waals surface area contributed by atoms with E-state index in [-0.39, 0.29) is 6.54 Å². The predicted octanol–water partition coefficient (Wildman–Crippen LogP) is 1.47. The van der Waals surface area contributed by atoms with Crippen molar-refractivity contribution in [1.82, 2.24) is 15.0 Å². The summed E-state index contributed by atoms with van der Waals surface area (Å²) < 4.78 is 27.4. The van der Waals surface area contributed by atoms with Crippen LogP contribution in [0.15, 0.2) is 41.6 Å². The van der Waals surface area contributed by atoms with E-state index in [1.807, 2.05) is 19.1 Å². The Morgan fingerprint density at radius 3 is 2.86 bits per heavy atom. The molecule has 1 aromatic carbocycles. The van der Waals surface area contributed by atoms with Gasteiger partial charge in [-0.3, -0.25) is 4.98 Å². The summed E-state index contributed by atoms with van der Waals surface area (Å²) >= 11 is 0. The summed E-state index contributed by atoms with van der Waals surface area (Å²) in [6, 6.07) is 7.11. The van der Waals surface area contributed by atoms with Crippen molar-refractivity contribution in [3.05, 3.63) is 58.9 Å². The molecule has 0 unspecified atom stereocenters. The largest absolute Gasteiger partial charge is 0.309 e. The van der Waals surface area contributed by atoms with E-state index in [9.17, 15) is 8.42 Å². The molecule has 0 aliphatic carbocycles. The first-order chi connectivity index (χ1) is 10.1. The average molecular weight is 303 g/mol. The fourth-order valence-electron chi connectivity index (χ4n) is 2.39. The standard InChI is InChI=1S/C15H17N3O2S/c1-11-7-16-5-4-12(11)10-18-21(19,20)15-3-2-13-8-17-9-14(13)6-15/h2-7,17-18H,8-10H2,1H3. The number of rotatable bonds is 4. The van der Waals surface area contributed by atoms with E-state index in [0.717, 1.165) is 29.8 Å². The van der Waals surface area contributed by atoms with E-state index >= 15 is 0 Å². The number of hydrogen-bond donors (Lipinski definition) is 2. The summed E-state index contributed by atoms with van der Waals surface area (Å²) in [6.45, 7) is 3.71. The topological polar surface area (TPSA) is 71.1 Å². The Morgan fingerprint density at radius 1 is 1.24 bits per heavy atom. The summed E-state index contributed by atoms with van der Waals surface area (Å²) in [5.41, 5.74) is 4.12. The van der Waals surface area contributed by atoms with Crippen molar-refractivity contribution in [2.45, 2.75) is 31.5 Å². The molecular weight excluding hydrogens is 286 g/mol. The van der Waals surface area contributed by atoms with Gasteiger partial charge in [-0.2, -0.15) is 0 Å². The first-order valence-electron chi connectivity index (χ1n) is 6.78. The molecule has 2 aromatic rings. The van der Waals surface area contributed by atoms with E-state index in [4.69, 9.17) is 0 Å². The Hall–Kier alpha value is -1.76. The molecule has 110 valence electrons. The lowest BCUT2D eigenvalue weighted by atomic mass is 10.1. The Kier molecular flexibility index (Phi) is 3.75. The van der Waals surface area contributed by atoms with Crippen LogP contribution in [0.25, 0.3) is 0 Å². The summed E-state index contributed by atoms with van der Waals surface area (Å²) in [5, 5.41) is 3.21. The number of hydrogen-bond acceptors (Lipinski definition) is 4. The maximum atomic E-state index is 12.4. The highest BCUT2D eigenvalue weighted by Crippen LogP contribution is 2.20. The highest BCUT2D eigenvalue weighted by Gasteiger charge is 2.18. The molecule has 0 atom stereocenters. The van der Waals surface area contributed by atoms with Crippen LogP contribution in [0.4, 0.5) is 0 Å². The maximum absolute atomic E-state index is 12.4. The van der Waals surface area contributed by atoms with Crippen LogP contribution in [0.2, 0.25) is 0 Å². The lowest BCUT2D eigenvalue weighted by molar-refractivity contribution is 0.581. The number of aryl methyl sites for hydroxylation is 1. The van der Waals surface area contributed by atoms with Crippen molar-refractivity contribution in [3.8, 4) is 0 Å². The normalized spacial score (nSPS) is 14.1. The molecule has 0 fully saturated rings. The molecule has 3 rings (SSSR count). The number of aromatic nitrogens is 1. The van der Waals surface area contributed by atoms with Gasteiger partial charge in [0.2, 0.25) is 10.0 Å². The fraction of sp³-hybridized carbons (Fsp3) is 0.267. The van der Waals surface area contributed by atoms with Crippen LogP contribution in [-0.4, -0.2) is 13.4 Å². The molecule has 0 radical (unpaired) electrons. The van der Waals surface area contributed by atoms with Crippen LogP contribution in [0.3, 0.4) is 0 Å². The van der Waals surface area contributed by atoms with Crippen molar-refractivity contribution in [3.63, 3.8) is 0 Å². The SMILES string of the molecule is Cc1cnccc1CNS(=O)(=O)c1ccc2c(c1)CNC2. The molecule has 21 heavy (non-hydrogen) atoms. The molecule has 0 spiro atoms. The molecule has 0 amide bonds. The van der Waals surface area contributed by atoms with Crippen LogP contribution in [0.5, 0.6) is 0 Å². The number of fused-ring (bicyclic) bond motifs is 1. The van der Waals surface area contributed by atoms with E-state index in [1.54, 1.807) is 24.5 Å². The number of pyridine rings is 1. The summed E-state index contributed by atoms with van der Waals surface area (Å²) in [6.07, 6.45) is 3.39. The van der Waals surface area contributed by atoms with Crippen molar-refractivity contribution in [2.24, 2.45) is 0 Å². The molecule has 0 saturated carbocycles. The summed E-state index contributed by atoms with van der Waals surface area (Å²) in [4.78, 5) is 4.32. The third-order valence-corrected chi connectivity index (χ3v) is 5.11. The highest BCUT2D eigenvalue weighted by atomic mass is 32.2. The number of nitrogens with zero attached hydrogens (tertiary/aromatic N) is 1. The van der Waals surface area contributed by atoms with Crippen molar-refractivity contribution in [2.75, 3.05) is 0 Å². The third-order valence-electron chi connectivity index (χ3n) is 3.71. The van der Waals surface area contributed by atoms with Gasteiger partial charge in [0.15, 0.2) is 0 Å². The van der Waals surface area contributed by atoms with Gasteiger partial charge in [-0.05, 0) is 47.4 Å². The lowest BCUT2D eigenvalue weighted by Crippen LogP contribution is -2.23. The zero-order valence-electron chi connectivity index (χ0n) is 11.8. The van der Waals surface area contributed by atoms with Crippen molar-refractivity contribution < 1.29 is 8.42 Å². The Bertz CT molecular complexity index is 772. The quantitative estimate of drug-likeness (QED) is 0.897. The zero-order valence-corrected chi connectivity index (χ0v) is 12.6. The molecule has 0 bridgehead atoms. The molecule has 1 aromatic heterocycles. The lowest BCUT2D eigenvalue weighted by Gasteiger charge is -2.09. The highest BCUT2D eigenvalue weighted by molar-refractivity contribution is 7.89. The van der Waals surface area contributed by atoms with Gasteiger partial charge in [0.1, 0.15) is 0 Å². The van der Waals surface area contributed by atoms with Crippen LogP contribution < -0.4 is 10.0 Å². The Labute approximate surface area is 124 Å². The molecule has 2 heterocycles. The van der Waals surface area contributed by atoms with Crippen LogP contribution in [0.1, 0.15) is 22.3 Å². The number of nitrogens with one attached hydrogen (secondary N) is 2. The van der Waals surface area contributed by atoms with E-state index in [1.165, 1.54) is 5.56 Å². The van der Waals surface area contributed by atoms with Crippen LogP contribution in [0, 0.1) is 6.92 Å². The van der Waals surface area contributed by atoms with Crippen molar-refractivity contribution >= 4 is 10.0 Å². The fourth-order valence-corrected chi connectivity index (χ4v) is 3.45. The van der Waals surface area contributed by atoms with E-state index in [2.05, 4.69) is 15.0 Å². The first kappa shape index (κ1) is 14.2. The molecule has 2 N–H and O–H groups in total. The van der Waals surface area contributed by atoms with Gasteiger partial charge in [0.05, 0.1) is 4.90 Å². The first-order valence-corrected chi connectivity index (χ1v) is 8.26. The smallest absolute Gasteiger partial charge is 0.240 e. The predicted molar refractivity (Wildman–Crippen MR) is 80.0 cm³/mol. The van der Waals surface area contributed by atoms with Crippen LogP contribution in [-0.2, 0) is 29.7 Å². The van der Waals surface area contributed by atoms with Gasteiger partial charge in [0, 0.05) is 32.0 Å². The minimum Gasteiger partial charge on any atom is -0.309 e. The minimum atomic E-state index is -3.49. The van der Waals surface area contributed by atoms with Gasteiger partial charge in [0.25, 0.3) is 0 Å². The van der Waals surface area contributed by atoms with Gasteiger partial charge < -0.3 is 5.32 Å². The maximum Gasteiger partial charge on any atom is 0.240 e. The Balaban J connectivity index is 1.80. The Morgan fingerprint density at radius 2 is 2.05 bits per heavy atom. The van der Waals surface area contributed by atoms with Gasteiger partial charge >= 0.3 is 0 Å². The van der Waals surface area contributed by atoms with Gasteiger partial charge in [-0.1, -0.05) is 6.07 Å². The summed E-state index contributed by atoms with van der Waals surface area (Å²) in [5.74, 6) is 0. The van der Waals surface area contributed by atoms with Crippen molar-refractivity contribution in [1.29, 1.82) is 0 Å². The molecule has 0 saturated heterocycles. The molecule has 5 nitrogen and oxygen atoms in total.